The Morgan fingerprint density at radius 2 is 2.00 bits per heavy atom. The van der Waals surface area contributed by atoms with Gasteiger partial charge in [-0.25, -0.2) is 9.59 Å². The molecule has 1 rings (SSSR count). The molecule has 0 fully saturated rings. The van der Waals surface area contributed by atoms with Crippen LogP contribution in [0.25, 0.3) is 0 Å². The summed E-state index contributed by atoms with van der Waals surface area (Å²) in [5.74, 6) is -1.25. The number of carboxylic acids is 1. The first-order valence-corrected chi connectivity index (χ1v) is 6.66. The van der Waals surface area contributed by atoms with Gasteiger partial charge in [-0.3, -0.25) is 0 Å². The van der Waals surface area contributed by atoms with Crippen molar-refractivity contribution in [2.45, 2.75) is 38.8 Å². The lowest BCUT2D eigenvalue weighted by atomic mass is 10.1. The maximum atomic E-state index is 11.6. The quantitative estimate of drug-likeness (QED) is 0.793. The molecule has 0 heterocycles. The van der Waals surface area contributed by atoms with E-state index >= 15 is 0 Å². The van der Waals surface area contributed by atoms with Crippen LogP contribution >= 0.6 is 11.6 Å². The van der Waals surface area contributed by atoms with Crippen molar-refractivity contribution in [2.24, 2.45) is 0 Å². The molecule has 1 atom stereocenters. The van der Waals surface area contributed by atoms with Crippen molar-refractivity contribution in [3.63, 3.8) is 0 Å². The third-order valence-corrected chi connectivity index (χ3v) is 2.81. The molecule has 0 saturated carbocycles. The Kier molecular flexibility index (Phi) is 5.43. The maximum absolute atomic E-state index is 11.6. The van der Waals surface area contributed by atoms with Crippen LogP contribution in [0, 0.1) is 0 Å². The van der Waals surface area contributed by atoms with Gasteiger partial charge in [0.1, 0.15) is 17.4 Å². The summed E-state index contributed by atoms with van der Waals surface area (Å²) in [5, 5.41) is 21.1. The molecule has 1 amide bonds. The first-order valence-electron chi connectivity index (χ1n) is 6.28. The van der Waals surface area contributed by atoms with E-state index in [9.17, 15) is 14.7 Å². The molecule has 21 heavy (non-hydrogen) atoms. The number of phenolic OH excluding ortho intramolecular Hbond substituents is 1. The van der Waals surface area contributed by atoms with Gasteiger partial charge in [0.2, 0.25) is 0 Å². The van der Waals surface area contributed by atoms with E-state index in [-0.39, 0.29) is 12.2 Å². The van der Waals surface area contributed by atoms with Gasteiger partial charge in [0, 0.05) is 11.4 Å². The Morgan fingerprint density at radius 3 is 2.52 bits per heavy atom. The average molecular weight is 316 g/mol. The zero-order valence-electron chi connectivity index (χ0n) is 12.0. The van der Waals surface area contributed by atoms with Gasteiger partial charge in [-0.15, -0.1) is 0 Å². The Balaban J connectivity index is 2.81. The molecule has 0 aromatic heterocycles. The van der Waals surface area contributed by atoms with Crippen molar-refractivity contribution in [2.75, 3.05) is 0 Å². The Bertz CT molecular complexity index is 539. The van der Waals surface area contributed by atoms with E-state index in [1.54, 1.807) is 20.8 Å². The highest BCUT2D eigenvalue weighted by atomic mass is 35.5. The van der Waals surface area contributed by atoms with Crippen LogP contribution in [0.2, 0.25) is 5.02 Å². The first kappa shape index (κ1) is 17.1. The highest BCUT2D eigenvalue weighted by Gasteiger charge is 2.25. The molecule has 0 aliphatic heterocycles. The molecule has 1 unspecified atom stereocenters. The van der Waals surface area contributed by atoms with Crippen molar-refractivity contribution in [3.8, 4) is 5.75 Å². The highest BCUT2D eigenvalue weighted by molar-refractivity contribution is 6.31. The summed E-state index contributed by atoms with van der Waals surface area (Å²) in [6.07, 6.45) is -0.895. The number of carboxylic acid groups (broad SMARTS) is 1. The molecule has 0 radical (unpaired) electrons. The van der Waals surface area contributed by atoms with Crippen molar-refractivity contribution < 1.29 is 24.5 Å². The van der Waals surface area contributed by atoms with E-state index in [1.165, 1.54) is 18.2 Å². The summed E-state index contributed by atoms with van der Waals surface area (Å²) < 4.78 is 5.01. The van der Waals surface area contributed by atoms with E-state index in [4.69, 9.17) is 21.4 Å². The van der Waals surface area contributed by atoms with E-state index in [2.05, 4.69) is 5.32 Å². The minimum absolute atomic E-state index is 0.0317. The predicted molar refractivity (Wildman–Crippen MR) is 77.6 cm³/mol. The van der Waals surface area contributed by atoms with E-state index in [1.807, 2.05) is 0 Å². The summed E-state index contributed by atoms with van der Waals surface area (Å²) >= 11 is 5.94. The molecule has 116 valence electrons. The minimum Gasteiger partial charge on any atom is -0.508 e. The lowest BCUT2D eigenvalue weighted by Gasteiger charge is -2.22. The Hall–Kier alpha value is -1.95. The number of hydrogen-bond acceptors (Lipinski definition) is 4. The number of alkyl carbamates (subject to hydrolysis) is 1. The molecular weight excluding hydrogens is 298 g/mol. The molecule has 1 aromatic rings. The average Bonchev–Trinajstić information content (AvgIpc) is 2.30. The Morgan fingerprint density at radius 1 is 1.38 bits per heavy atom. The number of amides is 1. The first-order chi connectivity index (χ1) is 9.58. The summed E-state index contributed by atoms with van der Waals surface area (Å²) in [5.41, 5.74) is -0.310. The zero-order chi connectivity index (χ0) is 16.2. The third-order valence-electron chi connectivity index (χ3n) is 2.44. The number of nitrogens with one attached hydrogen (secondary N) is 1. The minimum atomic E-state index is -1.22. The second-order valence-corrected chi connectivity index (χ2v) is 5.92. The fourth-order valence-corrected chi connectivity index (χ4v) is 1.78. The number of ether oxygens (including phenoxy) is 1. The number of carbonyl (C=O) groups excluding carboxylic acids is 1. The second-order valence-electron chi connectivity index (χ2n) is 5.52. The molecule has 6 nitrogen and oxygen atoms in total. The van der Waals surface area contributed by atoms with Crippen LogP contribution in [0.5, 0.6) is 5.75 Å². The second kappa shape index (κ2) is 6.67. The molecular formula is C14H18ClNO5. The zero-order valence-corrected chi connectivity index (χ0v) is 12.8. The van der Waals surface area contributed by atoms with Crippen molar-refractivity contribution >= 4 is 23.7 Å². The summed E-state index contributed by atoms with van der Waals surface area (Å²) in [6.45, 7) is 5.03. The molecule has 0 aliphatic carbocycles. The van der Waals surface area contributed by atoms with Gasteiger partial charge < -0.3 is 20.3 Å². The summed E-state index contributed by atoms with van der Waals surface area (Å²) in [6, 6.07) is 3.00. The van der Waals surface area contributed by atoms with Crippen LogP contribution in [0.1, 0.15) is 26.3 Å². The van der Waals surface area contributed by atoms with E-state index in [0.717, 1.165) is 0 Å². The maximum Gasteiger partial charge on any atom is 0.408 e. The molecule has 0 bridgehead atoms. The number of phenols is 1. The SMILES string of the molecule is CC(C)(C)OC(=O)NC(Cc1cc(O)ccc1Cl)C(=O)O. The number of halogens is 1. The van der Waals surface area contributed by atoms with Gasteiger partial charge in [0.05, 0.1) is 0 Å². The highest BCUT2D eigenvalue weighted by Crippen LogP contribution is 2.22. The molecule has 7 heteroatoms. The van der Waals surface area contributed by atoms with Crippen LogP contribution in [0.3, 0.4) is 0 Å². The molecule has 0 saturated heterocycles. The van der Waals surface area contributed by atoms with E-state index < -0.39 is 23.7 Å². The smallest absolute Gasteiger partial charge is 0.408 e. The van der Waals surface area contributed by atoms with Crippen LogP contribution in [0.4, 0.5) is 4.79 Å². The lowest BCUT2D eigenvalue weighted by molar-refractivity contribution is -0.139. The van der Waals surface area contributed by atoms with Gasteiger partial charge in [-0.1, -0.05) is 11.6 Å². The van der Waals surface area contributed by atoms with Crippen LogP contribution in [0.15, 0.2) is 18.2 Å². The molecule has 0 spiro atoms. The fraction of sp³-hybridized carbons (Fsp3) is 0.429. The van der Waals surface area contributed by atoms with Crippen molar-refractivity contribution in [3.05, 3.63) is 28.8 Å². The number of carbonyl (C=O) groups is 2. The van der Waals surface area contributed by atoms with Crippen molar-refractivity contribution in [1.82, 2.24) is 5.32 Å². The molecule has 0 aliphatic rings. The lowest BCUT2D eigenvalue weighted by Crippen LogP contribution is -2.44. The van der Waals surface area contributed by atoms with Gasteiger partial charge in [-0.05, 0) is 44.5 Å². The predicted octanol–water partition coefficient (Wildman–Crippen LogP) is 2.57. The monoisotopic (exact) mass is 315 g/mol. The fourth-order valence-electron chi connectivity index (χ4n) is 1.59. The third kappa shape index (κ3) is 5.91. The number of benzene rings is 1. The van der Waals surface area contributed by atoms with Crippen molar-refractivity contribution in [1.29, 1.82) is 0 Å². The van der Waals surface area contributed by atoms with Crippen LogP contribution in [-0.4, -0.2) is 33.9 Å². The summed E-state index contributed by atoms with van der Waals surface area (Å²) in [4.78, 5) is 22.9. The van der Waals surface area contributed by atoms with Crippen LogP contribution in [-0.2, 0) is 16.0 Å². The van der Waals surface area contributed by atoms with Gasteiger partial charge in [0.25, 0.3) is 0 Å². The van der Waals surface area contributed by atoms with E-state index in [0.29, 0.717) is 10.6 Å². The summed E-state index contributed by atoms with van der Waals surface area (Å²) in [7, 11) is 0. The largest absolute Gasteiger partial charge is 0.508 e. The van der Waals surface area contributed by atoms with Crippen LogP contribution < -0.4 is 5.32 Å². The Labute approximate surface area is 127 Å². The van der Waals surface area contributed by atoms with Gasteiger partial charge in [0.15, 0.2) is 0 Å². The standard InChI is InChI=1S/C14H18ClNO5/c1-14(2,3)21-13(20)16-11(12(18)19)7-8-6-9(17)4-5-10(8)15/h4-6,11,17H,7H2,1-3H3,(H,16,20)(H,18,19). The number of hydrogen-bond donors (Lipinski definition) is 3. The van der Waals surface area contributed by atoms with Gasteiger partial charge in [-0.2, -0.15) is 0 Å². The van der Waals surface area contributed by atoms with Gasteiger partial charge >= 0.3 is 12.1 Å². The topological polar surface area (TPSA) is 95.9 Å². The number of aliphatic carboxylic acids is 1. The normalized spacial score (nSPS) is 12.6. The molecule has 3 N–H and O–H groups in total. The number of rotatable bonds is 4. The number of aromatic hydroxyl groups is 1. The molecule has 1 aromatic carbocycles.